The van der Waals surface area contributed by atoms with Crippen molar-refractivity contribution in [2.45, 2.75) is 53.5 Å². The molecule has 0 bridgehead atoms. The van der Waals surface area contributed by atoms with Crippen molar-refractivity contribution in [3.63, 3.8) is 0 Å². The zero-order valence-corrected chi connectivity index (χ0v) is 20.9. The zero-order chi connectivity index (χ0) is 23.8. The van der Waals surface area contributed by atoms with E-state index < -0.39 is 0 Å². The molecule has 176 valence electrons. The molecule has 0 fully saturated rings. The first kappa shape index (κ1) is 24.9. The number of nitro groups is 1. The molecule has 0 aliphatic heterocycles. The monoisotopic (exact) mass is 466 g/mol. The summed E-state index contributed by atoms with van der Waals surface area (Å²) in [4.78, 5) is 19.5. The molecular formula is C26H34N4O2S. The summed E-state index contributed by atoms with van der Waals surface area (Å²) in [6.45, 7) is 12.6. The molecule has 0 atom stereocenters. The van der Waals surface area contributed by atoms with Gasteiger partial charge in [0.15, 0.2) is 4.80 Å². The SMILES string of the molecule is CCc1cccc(CC)c1N=c1scc(-c2cccc([N+](=O)[O-])c2)n1CCCN(CC)CC. The summed E-state index contributed by atoms with van der Waals surface area (Å²) >= 11 is 1.60. The zero-order valence-electron chi connectivity index (χ0n) is 20.1. The number of hydrogen-bond donors (Lipinski definition) is 0. The second-order valence-corrected chi connectivity index (χ2v) is 8.82. The van der Waals surface area contributed by atoms with Gasteiger partial charge in [-0.1, -0.05) is 58.0 Å². The predicted molar refractivity (Wildman–Crippen MR) is 137 cm³/mol. The molecule has 1 heterocycles. The number of thiazole rings is 1. The van der Waals surface area contributed by atoms with Crippen LogP contribution < -0.4 is 4.80 Å². The summed E-state index contributed by atoms with van der Waals surface area (Å²) in [5.41, 5.74) is 5.49. The Bertz CT molecular complexity index is 1120. The highest BCUT2D eigenvalue weighted by Crippen LogP contribution is 2.28. The highest BCUT2D eigenvalue weighted by molar-refractivity contribution is 7.07. The Hall–Kier alpha value is -2.77. The van der Waals surface area contributed by atoms with E-state index in [0.29, 0.717) is 0 Å². The first-order valence-electron chi connectivity index (χ1n) is 11.8. The van der Waals surface area contributed by atoms with E-state index >= 15 is 0 Å². The van der Waals surface area contributed by atoms with Crippen molar-refractivity contribution >= 4 is 22.7 Å². The van der Waals surface area contributed by atoms with Crippen molar-refractivity contribution in [2.75, 3.05) is 19.6 Å². The maximum Gasteiger partial charge on any atom is 0.270 e. The quantitative estimate of drug-likeness (QED) is 0.249. The minimum absolute atomic E-state index is 0.108. The molecule has 1 aromatic heterocycles. The fourth-order valence-electron chi connectivity index (χ4n) is 4.09. The lowest BCUT2D eigenvalue weighted by molar-refractivity contribution is -0.384. The van der Waals surface area contributed by atoms with E-state index in [4.69, 9.17) is 4.99 Å². The number of non-ortho nitro benzene ring substituents is 1. The number of rotatable bonds is 11. The lowest BCUT2D eigenvalue weighted by Gasteiger charge is -2.18. The van der Waals surface area contributed by atoms with Gasteiger partial charge in [0.05, 0.1) is 16.3 Å². The molecule has 7 heteroatoms. The Kier molecular flexibility index (Phi) is 8.97. The Morgan fingerprint density at radius 3 is 2.30 bits per heavy atom. The molecule has 0 spiro atoms. The molecule has 0 radical (unpaired) electrons. The molecule has 0 unspecified atom stereocenters. The number of benzene rings is 2. The van der Waals surface area contributed by atoms with Gasteiger partial charge in [-0.05, 0) is 50.0 Å². The Labute approximate surface area is 200 Å². The van der Waals surface area contributed by atoms with Crippen molar-refractivity contribution in [1.29, 1.82) is 0 Å². The van der Waals surface area contributed by atoms with Crippen molar-refractivity contribution in [3.8, 4) is 11.3 Å². The van der Waals surface area contributed by atoms with Gasteiger partial charge >= 0.3 is 0 Å². The van der Waals surface area contributed by atoms with E-state index in [1.807, 2.05) is 6.07 Å². The Morgan fingerprint density at radius 2 is 1.70 bits per heavy atom. The number of hydrogen-bond acceptors (Lipinski definition) is 5. The van der Waals surface area contributed by atoms with Gasteiger partial charge in [0, 0.05) is 29.6 Å². The van der Waals surface area contributed by atoms with Gasteiger partial charge < -0.3 is 9.47 Å². The van der Waals surface area contributed by atoms with Gasteiger partial charge in [-0.2, -0.15) is 0 Å². The fourth-order valence-corrected chi connectivity index (χ4v) is 5.03. The van der Waals surface area contributed by atoms with Crippen LogP contribution in [0.2, 0.25) is 0 Å². The minimum Gasteiger partial charge on any atom is -0.316 e. The van der Waals surface area contributed by atoms with Crippen LogP contribution in [0.15, 0.2) is 52.8 Å². The molecule has 3 rings (SSSR count). The molecule has 2 aromatic carbocycles. The molecule has 0 saturated heterocycles. The smallest absolute Gasteiger partial charge is 0.270 e. The highest BCUT2D eigenvalue weighted by atomic mass is 32.1. The lowest BCUT2D eigenvalue weighted by Crippen LogP contribution is -2.26. The summed E-state index contributed by atoms with van der Waals surface area (Å²) in [6, 6.07) is 13.3. The molecule has 33 heavy (non-hydrogen) atoms. The maximum absolute atomic E-state index is 11.3. The summed E-state index contributed by atoms with van der Waals surface area (Å²) in [5, 5.41) is 13.4. The molecule has 3 aromatic rings. The van der Waals surface area contributed by atoms with E-state index in [2.05, 4.69) is 60.7 Å². The number of aryl methyl sites for hydroxylation is 2. The van der Waals surface area contributed by atoms with Crippen LogP contribution in [0.1, 0.15) is 45.2 Å². The first-order chi connectivity index (χ1) is 16.0. The van der Waals surface area contributed by atoms with Crippen LogP contribution in [0, 0.1) is 10.1 Å². The van der Waals surface area contributed by atoms with Crippen LogP contribution >= 0.6 is 11.3 Å². The number of aromatic nitrogens is 1. The first-order valence-corrected chi connectivity index (χ1v) is 12.7. The van der Waals surface area contributed by atoms with Gasteiger partial charge in [0.25, 0.3) is 5.69 Å². The summed E-state index contributed by atoms with van der Waals surface area (Å²) in [6.07, 6.45) is 2.85. The van der Waals surface area contributed by atoms with Gasteiger partial charge in [-0.15, -0.1) is 11.3 Å². The lowest BCUT2D eigenvalue weighted by atomic mass is 10.0. The van der Waals surface area contributed by atoms with Crippen molar-refractivity contribution in [2.24, 2.45) is 4.99 Å². The van der Waals surface area contributed by atoms with Crippen molar-refractivity contribution in [3.05, 3.63) is 73.9 Å². The average molecular weight is 467 g/mol. The fraction of sp³-hybridized carbons (Fsp3) is 0.423. The van der Waals surface area contributed by atoms with Crippen LogP contribution in [-0.4, -0.2) is 34.0 Å². The van der Waals surface area contributed by atoms with Gasteiger partial charge in [-0.3, -0.25) is 10.1 Å². The summed E-state index contributed by atoms with van der Waals surface area (Å²) < 4.78 is 2.24. The number of nitrogens with zero attached hydrogens (tertiary/aromatic N) is 4. The van der Waals surface area contributed by atoms with E-state index in [-0.39, 0.29) is 10.6 Å². The maximum atomic E-state index is 11.3. The van der Waals surface area contributed by atoms with E-state index in [9.17, 15) is 10.1 Å². The van der Waals surface area contributed by atoms with Crippen LogP contribution in [0.3, 0.4) is 0 Å². The van der Waals surface area contributed by atoms with Crippen LogP contribution in [-0.2, 0) is 19.4 Å². The second kappa shape index (κ2) is 11.9. The highest BCUT2D eigenvalue weighted by Gasteiger charge is 2.14. The Balaban J connectivity index is 2.11. The molecule has 0 saturated carbocycles. The number of para-hydroxylation sites is 1. The molecule has 0 aliphatic carbocycles. The third kappa shape index (κ3) is 5.97. The van der Waals surface area contributed by atoms with Gasteiger partial charge in [0.2, 0.25) is 0 Å². The van der Waals surface area contributed by atoms with Crippen LogP contribution in [0.25, 0.3) is 11.3 Å². The summed E-state index contributed by atoms with van der Waals surface area (Å²) in [7, 11) is 0. The molecular weight excluding hydrogens is 432 g/mol. The van der Waals surface area contributed by atoms with E-state index in [0.717, 1.165) is 67.2 Å². The molecule has 0 amide bonds. The van der Waals surface area contributed by atoms with Crippen molar-refractivity contribution < 1.29 is 4.92 Å². The largest absolute Gasteiger partial charge is 0.316 e. The van der Waals surface area contributed by atoms with Crippen molar-refractivity contribution in [1.82, 2.24) is 9.47 Å². The topological polar surface area (TPSA) is 63.7 Å². The van der Waals surface area contributed by atoms with Gasteiger partial charge in [0.1, 0.15) is 0 Å². The second-order valence-electron chi connectivity index (χ2n) is 7.99. The normalized spacial score (nSPS) is 12.0. The molecule has 0 aliphatic rings. The molecule has 0 N–H and O–H groups in total. The minimum atomic E-state index is -0.336. The Morgan fingerprint density at radius 1 is 1.03 bits per heavy atom. The standard InChI is InChI=1S/C26H34N4O2S/c1-5-20-12-9-13-21(6-2)25(20)27-26-29(17-11-16-28(7-3)8-4)24(19-33-26)22-14-10-15-23(18-22)30(31)32/h9-10,12-15,18-19H,5-8,11,16-17H2,1-4H3. The molecule has 6 nitrogen and oxygen atoms in total. The third-order valence-corrected chi connectivity index (χ3v) is 6.94. The summed E-state index contributed by atoms with van der Waals surface area (Å²) in [5.74, 6) is 0. The predicted octanol–water partition coefficient (Wildman–Crippen LogP) is 6.21. The number of nitro benzene ring substituents is 1. The van der Waals surface area contributed by atoms with E-state index in [1.54, 1.807) is 23.5 Å². The average Bonchev–Trinajstić information content (AvgIpc) is 3.24. The van der Waals surface area contributed by atoms with E-state index in [1.165, 1.54) is 17.2 Å². The van der Waals surface area contributed by atoms with Crippen LogP contribution in [0.4, 0.5) is 11.4 Å². The third-order valence-electron chi connectivity index (χ3n) is 6.07. The van der Waals surface area contributed by atoms with Crippen LogP contribution in [0.5, 0.6) is 0 Å². The van der Waals surface area contributed by atoms with Gasteiger partial charge in [-0.25, -0.2) is 4.99 Å².